The van der Waals surface area contributed by atoms with E-state index in [0.29, 0.717) is 0 Å². The van der Waals surface area contributed by atoms with Gasteiger partial charge in [0.25, 0.3) is 0 Å². The molecule has 0 radical (unpaired) electrons. The second-order valence-corrected chi connectivity index (χ2v) is 5.02. The van der Waals surface area contributed by atoms with Crippen molar-refractivity contribution >= 4 is 17.3 Å². The molecule has 0 saturated carbocycles. The first kappa shape index (κ1) is 12.7. The Balaban J connectivity index is 2.38. The SMILES string of the molecule is CC(C)N(CC(N)=O)c1cccc2c1CCCN2. The van der Waals surface area contributed by atoms with Gasteiger partial charge in [0.15, 0.2) is 0 Å². The lowest BCUT2D eigenvalue weighted by Crippen LogP contribution is -2.39. The van der Waals surface area contributed by atoms with Gasteiger partial charge in [-0.15, -0.1) is 0 Å². The molecule has 0 bridgehead atoms. The minimum atomic E-state index is -0.287. The summed E-state index contributed by atoms with van der Waals surface area (Å²) in [5, 5.41) is 3.41. The summed E-state index contributed by atoms with van der Waals surface area (Å²) < 4.78 is 0. The van der Waals surface area contributed by atoms with Gasteiger partial charge in [-0.05, 0) is 44.4 Å². The molecule has 1 amide bonds. The lowest BCUT2D eigenvalue weighted by atomic mass is 10.00. The van der Waals surface area contributed by atoms with Crippen molar-refractivity contribution in [2.45, 2.75) is 32.7 Å². The predicted molar refractivity (Wildman–Crippen MR) is 74.9 cm³/mol. The maximum atomic E-state index is 11.2. The van der Waals surface area contributed by atoms with Crippen molar-refractivity contribution in [1.82, 2.24) is 0 Å². The minimum Gasteiger partial charge on any atom is -0.385 e. The van der Waals surface area contributed by atoms with Crippen LogP contribution in [0, 0.1) is 0 Å². The van der Waals surface area contributed by atoms with Crippen LogP contribution in [-0.4, -0.2) is 25.0 Å². The molecular weight excluding hydrogens is 226 g/mol. The van der Waals surface area contributed by atoms with Gasteiger partial charge in [0.1, 0.15) is 0 Å². The number of nitrogens with zero attached hydrogens (tertiary/aromatic N) is 1. The van der Waals surface area contributed by atoms with Crippen molar-refractivity contribution in [3.05, 3.63) is 23.8 Å². The van der Waals surface area contributed by atoms with E-state index < -0.39 is 0 Å². The van der Waals surface area contributed by atoms with Crippen LogP contribution in [0.3, 0.4) is 0 Å². The Labute approximate surface area is 108 Å². The molecule has 18 heavy (non-hydrogen) atoms. The molecule has 1 heterocycles. The van der Waals surface area contributed by atoms with E-state index in [1.54, 1.807) is 0 Å². The number of anilines is 2. The van der Waals surface area contributed by atoms with E-state index in [2.05, 4.69) is 36.2 Å². The molecule has 4 heteroatoms. The van der Waals surface area contributed by atoms with E-state index in [0.717, 1.165) is 25.1 Å². The van der Waals surface area contributed by atoms with Crippen molar-refractivity contribution in [2.75, 3.05) is 23.3 Å². The number of carbonyl (C=O) groups is 1. The number of hydrogen-bond acceptors (Lipinski definition) is 3. The standard InChI is InChI=1S/C14H21N3O/c1-10(2)17(9-14(15)18)13-7-3-6-12-11(13)5-4-8-16-12/h3,6-7,10,16H,4-5,8-9H2,1-2H3,(H2,15,18). The normalized spacial score (nSPS) is 13.9. The van der Waals surface area contributed by atoms with Crippen LogP contribution >= 0.6 is 0 Å². The summed E-state index contributed by atoms with van der Waals surface area (Å²) >= 11 is 0. The summed E-state index contributed by atoms with van der Waals surface area (Å²) in [5.41, 5.74) is 8.97. The number of nitrogens with two attached hydrogens (primary N) is 1. The maximum absolute atomic E-state index is 11.2. The van der Waals surface area contributed by atoms with E-state index in [-0.39, 0.29) is 18.5 Å². The van der Waals surface area contributed by atoms with Crippen molar-refractivity contribution < 1.29 is 4.79 Å². The Kier molecular flexibility index (Phi) is 3.75. The summed E-state index contributed by atoms with van der Waals surface area (Å²) in [6, 6.07) is 6.46. The van der Waals surface area contributed by atoms with Crippen molar-refractivity contribution in [1.29, 1.82) is 0 Å². The summed E-state index contributed by atoms with van der Waals surface area (Å²) in [4.78, 5) is 13.3. The van der Waals surface area contributed by atoms with Crippen LogP contribution in [0.25, 0.3) is 0 Å². The molecular formula is C14H21N3O. The Morgan fingerprint density at radius 3 is 2.94 bits per heavy atom. The first-order chi connectivity index (χ1) is 8.59. The molecule has 98 valence electrons. The van der Waals surface area contributed by atoms with Gasteiger partial charge in [-0.25, -0.2) is 0 Å². The summed E-state index contributed by atoms with van der Waals surface area (Å²) in [5.74, 6) is -0.287. The monoisotopic (exact) mass is 247 g/mol. The number of fused-ring (bicyclic) bond motifs is 1. The third-order valence-corrected chi connectivity index (χ3v) is 3.33. The highest BCUT2D eigenvalue weighted by molar-refractivity contribution is 5.81. The van der Waals surface area contributed by atoms with Gasteiger partial charge in [0.2, 0.25) is 5.91 Å². The van der Waals surface area contributed by atoms with Crippen molar-refractivity contribution in [3.8, 4) is 0 Å². The molecule has 1 aromatic carbocycles. The van der Waals surface area contributed by atoms with Gasteiger partial charge in [0, 0.05) is 24.0 Å². The van der Waals surface area contributed by atoms with Crippen LogP contribution in [0.1, 0.15) is 25.8 Å². The van der Waals surface area contributed by atoms with E-state index in [1.807, 2.05) is 6.07 Å². The molecule has 0 aliphatic carbocycles. The Bertz CT molecular complexity index is 443. The number of benzene rings is 1. The first-order valence-corrected chi connectivity index (χ1v) is 6.50. The molecule has 0 spiro atoms. The number of hydrogen-bond donors (Lipinski definition) is 2. The van der Waals surface area contributed by atoms with Crippen molar-refractivity contribution in [2.24, 2.45) is 5.73 Å². The van der Waals surface area contributed by atoms with Gasteiger partial charge in [-0.1, -0.05) is 6.07 Å². The Morgan fingerprint density at radius 2 is 2.28 bits per heavy atom. The fourth-order valence-electron chi connectivity index (χ4n) is 2.47. The fourth-order valence-corrected chi connectivity index (χ4v) is 2.47. The van der Waals surface area contributed by atoms with Gasteiger partial charge in [-0.3, -0.25) is 4.79 Å². The highest BCUT2D eigenvalue weighted by Gasteiger charge is 2.19. The van der Waals surface area contributed by atoms with Gasteiger partial charge >= 0.3 is 0 Å². The minimum absolute atomic E-state index is 0.255. The third-order valence-electron chi connectivity index (χ3n) is 3.33. The second-order valence-electron chi connectivity index (χ2n) is 5.02. The van der Waals surface area contributed by atoms with Crippen molar-refractivity contribution in [3.63, 3.8) is 0 Å². The fraction of sp³-hybridized carbons (Fsp3) is 0.500. The topological polar surface area (TPSA) is 58.4 Å². The highest BCUT2D eigenvalue weighted by atomic mass is 16.1. The number of primary amides is 1. The molecule has 1 aliphatic heterocycles. The lowest BCUT2D eigenvalue weighted by molar-refractivity contribution is -0.116. The maximum Gasteiger partial charge on any atom is 0.236 e. The Morgan fingerprint density at radius 1 is 1.50 bits per heavy atom. The largest absolute Gasteiger partial charge is 0.385 e. The van der Waals surface area contributed by atoms with E-state index in [9.17, 15) is 4.79 Å². The van der Waals surface area contributed by atoms with Crippen LogP contribution in [0.4, 0.5) is 11.4 Å². The number of nitrogens with one attached hydrogen (secondary N) is 1. The van der Waals surface area contributed by atoms with Crippen LogP contribution in [0.2, 0.25) is 0 Å². The molecule has 3 N–H and O–H groups in total. The van der Waals surface area contributed by atoms with E-state index in [1.165, 1.54) is 11.3 Å². The van der Waals surface area contributed by atoms with Gasteiger partial charge in [0.05, 0.1) is 6.54 Å². The molecule has 1 aromatic rings. The molecule has 2 rings (SSSR count). The predicted octanol–water partition coefficient (Wildman–Crippen LogP) is 1.74. The Hall–Kier alpha value is -1.71. The zero-order chi connectivity index (χ0) is 13.1. The zero-order valence-corrected chi connectivity index (χ0v) is 11.1. The van der Waals surface area contributed by atoms with Crippen LogP contribution in [0.15, 0.2) is 18.2 Å². The van der Waals surface area contributed by atoms with Crippen LogP contribution in [0.5, 0.6) is 0 Å². The average molecular weight is 247 g/mol. The molecule has 0 aromatic heterocycles. The van der Waals surface area contributed by atoms with E-state index in [4.69, 9.17) is 5.73 Å². The summed E-state index contributed by atoms with van der Waals surface area (Å²) in [6.45, 7) is 5.46. The highest BCUT2D eigenvalue weighted by Crippen LogP contribution is 2.32. The number of carbonyl (C=O) groups excluding carboxylic acids is 1. The quantitative estimate of drug-likeness (QED) is 0.852. The summed E-state index contributed by atoms with van der Waals surface area (Å²) in [7, 11) is 0. The molecule has 0 atom stereocenters. The average Bonchev–Trinajstić information content (AvgIpc) is 2.35. The van der Waals surface area contributed by atoms with E-state index >= 15 is 0 Å². The first-order valence-electron chi connectivity index (χ1n) is 6.50. The van der Waals surface area contributed by atoms with Crippen LogP contribution in [-0.2, 0) is 11.2 Å². The number of amides is 1. The zero-order valence-electron chi connectivity index (χ0n) is 11.1. The molecule has 1 aliphatic rings. The van der Waals surface area contributed by atoms with Gasteiger partial charge < -0.3 is 16.0 Å². The lowest BCUT2D eigenvalue weighted by Gasteiger charge is -2.32. The molecule has 0 fully saturated rings. The molecule has 0 unspecified atom stereocenters. The second kappa shape index (κ2) is 5.29. The molecule has 0 saturated heterocycles. The summed E-state index contributed by atoms with van der Waals surface area (Å²) in [6.07, 6.45) is 2.19. The number of rotatable bonds is 4. The third kappa shape index (κ3) is 2.58. The van der Waals surface area contributed by atoms with Gasteiger partial charge in [-0.2, -0.15) is 0 Å². The molecule has 4 nitrogen and oxygen atoms in total. The van der Waals surface area contributed by atoms with Crippen LogP contribution < -0.4 is 16.0 Å². The smallest absolute Gasteiger partial charge is 0.236 e.